The molecule has 0 atom stereocenters. The second kappa shape index (κ2) is 12.9. The molecule has 0 aliphatic carbocycles. The van der Waals surface area contributed by atoms with Gasteiger partial charge in [0.2, 0.25) is 0 Å². The van der Waals surface area contributed by atoms with Crippen molar-refractivity contribution in [3.8, 4) is 11.5 Å². The summed E-state index contributed by atoms with van der Waals surface area (Å²) in [5.41, 5.74) is 1.56. The zero-order valence-electron chi connectivity index (χ0n) is 16.7. The van der Waals surface area contributed by atoms with Crippen LogP contribution in [-0.4, -0.2) is 22.4 Å². The number of aromatic hydroxyl groups is 2. The van der Waals surface area contributed by atoms with Crippen LogP contribution in [0, 0.1) is 0 Å². The average molecular weight is 408 g/mol. The largest absolute Gasteiger partial charge is 0.508 e. The first kappa shape index (κ1) is 23.6. The number of unbranched alkanes of at least 4 members (excludes halogenated alkanes) is 3. The molecule has 0 aromatic heterocycles. The number of amides is 1. The maximum Gasteiger partial charge on any atom is 0.411 e. The molecule has 3 N–H and O–H groups in total. The average Bonchev–Trinajstić information content (AvgIpc) is 2.60. The fraction of sp³-hybridized carbons (Fsp3) is 0.409. The van der Waals surface area contributed by atoms with Crippen LogP contribution in [0.4, 0.5) is 10.5 Å². The van der Waals surface area contributed by atoms with Gasteiger partial charge in [0.1, 0.15) is 11.5 Å². The molecule has 28 heavy (non-hydrogen) atoms. The fourth-order valence-electron chi connectivity index (χ4n) is 2.43. The van der Waals surface area contributed by atoms with Crippen LogP contribution in [0.25, 0.3) is 0 Å². The number of hydrogen-bond donors (Lipinski definition) is 3. The number of carbonyl (C=O) groups excluding carboxylic acids is 1. The van der Waals surface area contributed by atoms with Crippen molar-refractivity contribution >= 4 is 23.4 Å². The molecule has 0 spiro atoms. The van der Waals surface area contributed by atoms with E-state index >= 15 is 0 Å². The van der Waals surface area contributed by atoms with Crippen LogP contribution in [0.3, 0.4) is 0 Å². The van der Waals surface area contributed by atoms with Gasteiger partial charge < -0.3 is 14.9 Å². The molecule has 0 bridgehead atoms. The SMILES string of the molecule is CC(C)OC(=O)Nc1cccc(Cl)c1.CCCCCCc1ccc(O)cc1O. The summed E-state index contributed by atoms with van der Waals surface area (Å²) in [5, 5.41) is 21.7. The molecule has 2 aromatic carbocycles. The van der Waals surface area contributed by atoms with Crippen molar-refractivity contribution in [1.82, 2.24) is 0 Å². The smallest absolute Gasteiger partial charge is 0.411 e. The minimum Gasteiger partial charge on any atom is -0.508 e. The second-order valence-corrected chi connectivity index (χ2v) is 7.15. The topological polar surface area (TPSA) is 78.8 Å². The lowest BCUT2D eigenvalue weighted by Gasteiger charge is -2.09. The minimum absolute atomic E-state index is 0.125. The maximum absolute atomic E-state index is 11.2. The number of nitrogens with one attached hydrogen (secondary N) is 1. The second-order valence-electron chi connectivity index (χ2n) is 6.71. The number of hydrogen-bond acceptors (Lipinski definition) is 4. The molecule has 0 unspecified atom stereocenters. The van der Waals surface area contributed by atoms with Crippen LogP contribution in [0.2, 0.25) is 5.02 Å². The van der Waals surface area contributed by atoms with Gasteiger partial charge in [-0.1, -0.05) is 49.9 Å². The minimum atomic E-state index is -0.470. The van der Waals surface area contributed by atoms with E-state index in [0.717, 1.165) is 18.4 Å². The Hall–Kier alpha value is -2.40. The van der Waals surface area contributed by atoms with E-state index in [0.29, 0.717) is 10.7 Å². The van der Waals surface area contributed by atoms with Gasteiger partial charge in [-0.25, -0.2) is 4.79 Å². The van der Waals surface area contributed by atoms with Crippen LogP contribution in [0.15, 0.2) is 42.5 Å². The van der Waals surface area contributed by atoms with Crippen molar-refractivity contribution in [2.45, 2.75) is 59.0 Å². The number of phenolic OH excluding ortho intramolecular Hbond substituents is 2. The van der Waals surface area contributed by atoms with Gasteiger partial charge in [-0.15, -0.1) is 0 Å². The van der Waals surface area contributed by atoms with E-state index in [4.69, 9.17) is 21.4 Å². The zero-order valence-corrected chi connectivity index (χ0v) is 17.5. The lowest BCUT2D eigenvalue weighted by atomic mass is 10.1. The third kappa shape index (κ3) is 10.1. The van der Waals surface area contributed by atoms with Crippen LogP contribution in [0.5, 0.6) is 11.5 Å². The van der Waals surface area contributed by atoms with Crippen LogP contribution in [-0.2, 0) is 11.2 Å². The fourth-order valence-corrected chi connectivity index (χ4v) is 2.62. The van der Waals surface area contributed by atoms with Gasteiger partial charge in [0.05, 0.1) is 6.10 Å². The first-order valence-corrected chi connectivity index (χ1v) is 9.93. The third-order valence-electron chi connectivity index (χ3n) is 3.78. The Morgan fingerprint density at radius 2 is 1.86 bits per heavy atom. The highest BCUT2D eigenvalue weighted by molar-refractivity contribution is 6.30. The van der Waals surface area contributed by atoms with Crippen molar-refractivity contribution in [3.63, 3.8) is 0 Å². The number of ether oxygens (including phenoxy) is 1. The van der Waals surface area contributed by atoms with Crippen molar-refractivity contribution in [2.75, 3.05) is 5.32 Å². The molecule has 0 radical (unpaired) electrons. The van der Waals surface area contributed by atoms with Gasteiger partial charge >= 0.3 is 6.09 Å². The van der Waals surface area contributed by atoms with E-state index in [2.05, 4.69) is 12.2 Å². The Morgan fingerprint density at radius 3 is 2.46 bits per heavy atom. The van der Waals surface area contributed by atoms with E-state index in [-0.39, 0.29) is 17.6 Å². The van der Waals surface area contributed by atoms with Crippen molar-refractivity contribution in [3.05, 3.63) is 53.1 Å². The summed E-state index contributed by atoms with van der Waals surface area (Å²) in [6.45, 7) is 5.76. The van der Waals surface area contributed by atoms with Crippen molar-refractivity contribution < 1.29 is 19.7 Å². The molecule has 0 saturated heterocycles. The monoisotopic (exact) mass is 407 g/mol. The number of carbonyl (C=O) groups is 1. The molecule has 2 rings (SSSR count). The molecule has 0 heterocycles. The first-order valence-electron chi connectivity index (χ1n) is 9.55. The molecule has 5 nitrogen and oxygen atoms in total. The van der Waals surface area contributed by atoms with E-state index in [1.807, 2.05) is 0 Å². The molecule has 0 aliphatic heterocycles. The number of phenols is 2. The predicted octanol–water partition coefficient (Wildman–Crippen LogP) is 6.52. The molecule has 1 amide bonds. The van der Waals surface area contributed by atoms with E-state index in [1.54, 1.807) is 50.2 Å². The van der Waals surface area contributed by atoms with E-state index < -0.39 is 6.09 Å². The van der Waals surface area contributed by atoms with Crippen molar-refractivity contribution in [2.24, 2.45) is 0 Å². The van der Waals surface area contributed by atoms with Gasteiger partial charge in [-0.2, -0.15) is 0 Å². The summed E-state index contributed by atoms with van der Waals surface area (Å²) in [5.74, 6) is 0.335. The summed E-state index contributed by atoms with van der Waals surface area (Å²) >= 11 is 5.74. The zero-order chi connectivity index (χ0) is 20.9. The van der Waals surface area contributed by atoms with Crippen LogP contribution in [0.1, 0.15) is 52.0 Å². The number of anilines is 1. The van der Waals surface area contributed by atoms with Crippen molar-refractivity contribution in [1.29, 1.82) is 0 Å². The molecule has 0 aliphatic rings. The van der Waals surface area contributed by atoms with Gasteiger partial charge in [0, 0.05) is 16.8 Å². The first-order chi connectivity index (χ1) is 13.3. The molecule has 2 aromatic rings. The normalized spacial score (nSPS) is 10.2. The molecule has 0 saturated carbocycles. The Morgan fingerprint density at radius 1 is 1.11 bits per heavy atom. The standard InChI is InChI=1S/C12H18O2.C10H12ClNO2/c1-2-3-4-5-6-10-7-8-11(13)9-12(10)14;1-7(2)14-10(13)12-9-5-3-4-8(11)6-9/h7-9,13-14H,2-6H2,1H3;3-7H,1-2H3,(H,12,13). The van der Waals surface area contributed by atoms with Gasteiger partial charge in [0.25, 0.3) is 0 Å². The molecular formula is C22H30ClNO4. The highest BCUT2D eigenvalue weighted by atomic mass is 35.5. The third-order valence-corrected chi connectivity index (χ3v) is 4.02. The lowest BCUT2D eigenvalue weighted by Crippen LogP contribution is -2.17. The number of aryl methyl sites for hydroxylation is 1. The summed E-state index contributed by atoms with van der Waals surface area (Å²) in [6, 6.07) is 11.7. The quantitative estimate of drug-likeness (QED) is 0.456. The number of benzene rings is 2. The molecule has 154 valence electrons. The maximum atomic E-state index is 11.2. The molecule has 6 heteroatoms. The van der Waals surface area contributed by atoms with E-state index in [1.165, 1.54) is 25.3 Å². The van der Waals surface area contributed by atoms with Crippen LogP contribution >= 0.6 is 11.6 Å². The highest BCUT2D eigenvalue weighted by Gasteiger charge is 2.05. The van der Waals surface area contributed by atoms with Gasteiger partial charge in [-0.3, -0.25) is 5.32 Å². The number of rotatable bonds is 7. The predicted molar refractivity (Wildman–Crippen MR) is 114 cm³/mol. The molecule has 0 fully saturated rings. The lowest BCUT2D eigenvalue weighted by molar-refractivity contribution is 0.130. The Labute approximate surface area is 172 Å². The summed E-state index contributed by atoms with van der Waals surface area (Å²) in [6.07, 6.45) is 5.08. The number of halogens is 1. The van der Waals surface area contributed by atoms with Gasteiger partial charge in [-0.05, 0) is 56.5 Å². The Balaban J connectivity index is 0.000000280. The summed E-state index contributed by atoms with van der Waals surface area (Å²) < 4.78 is 4.90. The van der Waals surface area contributed by atoms with Crippen LogP contribution < -0.4 is 5.32 Å². The van der Waals surface area contributed by atoms with Gasteiger partial charge in [0.15, 0.2) is 0 Å². The summed E-state index contributed by atoms with van der Waals surface area (Å²) in [7, 11) is 0. The Bertz CT molecular complexity index is 734. The summed E-state index contributed by atoms with van der Waals surface area (Å²) in [4.78, 5) is 11.2. The highest BCUT2D eigenvalue weighted by Crippen LogP contribution is 2.24. The molecular weight excluding hydrogens is 378 g/mol. The Kier molecular flexibility index (Phi) is 10.9. The van der Waals surface area contributed by atoms with E-state index in [9.17, 15) is 9.90 Å².